The fraction of sp³-hybridized carbons (Fsp3) is 0.357. The molecule has 2 nitrogen and oxygen atoms in total. The molecule has 1 heterocycles. The Kier molecular flexibility index (Phi) is 4.09. The van der Waals surface area contributed by atoms with Crippen LogP contribution in [0.5, 0.6) is 0 Å². The van der Waals surface area contributed by atoms with Crippen LogP contribution in [0.15, 0.2) is 24.3 Å². The molecule has 4 heteroatoms. The Morgan fingerprint density at radius 1 is 1.39 bits per heavy atom. The average Bonchev–Trinajstić information content (AvgIpc) is 2.65. The predicted molar refractivity (Wildman–Crippen MR) is 73.5 cm³/mol. The number of rotatable bonds is 4. The summed E-state index contributed by atoms with van der Waals surface area (Å²) in [5.41, 5.74) is 2.05. The van der Waals surface area contributed by atoms with Crippen molar-refractivity contribution in [3.05, 3.63) is 51.2 Å². The molecule has 0 amide bonds. The highest BCUT2D eigenvalue weighted by Gasteiger charge is 2.13. The maximum atomic E-state index is 13.2. The van der Waals surface area contributed by atoms with Crippen LogP contribution in [0.2, 0.25) is 0 Å². The summed E-state index contributed by atoms with van der Waals surface area (Å²) in [5.74, 6) is -0.195. The third-order valence-electron chi connectivity index (χ3n) is 3.05. The molecule has 0 radical (unpaired) electrons. The van der Waals surface area contributed by atoms with Crippen molar-refractivity contribution in [2.75, 3.05) is 7.05 Å². The van der Waals surface area contributed by atoms with Gasteiger partial charge in [-0.1, -0.05) is 12.1 Å². The molecule has 96 valence electrons. The summed E-state index contributed by atoms with van der Waals surface area (Å²) < 4.78 is 13.2. The summed E-state index contributed by atoms with van der Waals surface area (Å²) in [7, 11) is 1.89. The molecule has 2 rings (SSSR count). The van der Waals surface area contributed by atoms with Crippen molar-refractivity contribution in [3.63, 3.8) is 0 Å². The van der Waals surface area contributed by atoms with E-state index < -0.39 is 0 Å². The molecule has 18 heavy (non-hydrogen) atoms. The molecule has 0 aliphatic heterocycles. The van der Waals surface area contributed by atoms with Gasteiger partial charge in [0.1, 0.15) is 5.82 Å². The number of thiazole rings is 1. The van der Waals surface area contributed by atoms with Gasteiger partial charge in [0.05, 0.1) is 10.7 Å². The van der Waals surface area contributed by atoms with Crippen LogP contribution in [0, 0.1) is 19.7 Å². The molecule has 0 spiro atoms. The van der Waals surface area contributed by atoms with Crippen molar-refractivity contribution in [2.45, 2.75) is 26.3 Å². The van der Waals surface area contributed by atoms with Crippen molar-refractivity contribution < 1.29 is 4.39 Å². The zero-order valence-corrected chi connectivity index (χ0v) is 11.6. The first kappa shape index (κ1) is 13.2. The van der Waals surface area contributed by atoms with Crippen LogP contribution in [0.1, 0.15) is 27.2 Å². The van der Waals surface area contributed by atoms with Gasteiger partial charge in [-0.15, -0.1) is 11.3 Å². The number of aromatic nitrogens is 1. The van der Waals surface area contributed by atoms with Gasteiger partial charge in [-0.25, -0.2) is 9.37 Å². The summed E-state index contributed by atoms with van der Waals surface area (Å²) in [5, 5.41) is 4.31. The van der Waals surface area contributed by atoms with Crippen LogP contribution in [0.4, 0.5) is 4.39 Å². The molecule has 0 fully saturated rings. The minimum absolute atomic E-state index is 0.102. The minimum atomic E-state index is -0.195. The minimum Gasteiger partial charge on any atom is -0.313 e. The van der Waals surface area contributed by atoms with E-state index in [1.807, 2.05) is 20.0 Å². The first-order valence-corrected chi connectivity index (χ1v) is 6.77. The summed E-state index contributed by atoms with van der Waals surface area (Å²) >= 11 is 1.71. The number of hydrogen-bond donors (Lipinski definition) is 1. The third kappa shape index (κ3) is 2.94. The molecule has 1 unspecified atom stereocenters. The monoisotopic (exact) mass is 264 g/mol. The molecule has 0 saturated heterocycles. The summed E-state index contributed by atoms with van der Waals surface area (Å²) in [6.07, 6.45) is 0.791. The van der Waals surface area contributed by atoms with Crippen molar-refractivity contribution in [1.29, 1.82) is 0 Å². The Morgan fingerprint density at radius 3 is 2.72 bits per heavy atom. The van der Waals surface area contributed by atoms with Gasteiger partial charge in [0.2, 0.25) is 0 Å². The van der Waals surface area contributed by atoms with E-state index in [1.165, 1.54) is 10.9 Å². The number of nitrogens with zero attached hydrogens (tertiary/aromatic N) is 1. The smallest absolute Gasteiger partial charge is 0.123 e. The van der Waals surface area contributed by atoms with Crippen LogP contribution in [-0.2, 0) is 6.42 Å². The second-order valence-corrected chi connectivity index (χ2v) is 5.64. The van der Waals surface area contributed by atoms with E-state index in [-0.39, 0.29) is 11.9 Å². The molecule has 1 aromatic carbocycles. The van der Waals surface area contributed by atoms with Gasteiger partial charge in [0.25, 0.3) is 0 Å². The molecule has 0 aliphatic carbocycles. The number of likely N-dealkylation sites (N-methyl/N-ethyl adjacent to an activating group) is 1. The van der Waals surface area contributed by atoms with E-state index >= 15 is 0 Å². The average molecular weight is 264 g/mol. The van der Waals surface area contributed by atoms with Crippen LogP contribution in [0.3, 0.4) is 0 Å². The molecule has 1 atom stereocenters. The second-order valence-electron chi connectivity index (χ2n) is 4.35. The third-order valence-corrected chi connectivity index (χ3v) is 4.15. The van der Waals surface area contributed by atoms with Crippen molar-refractivity contribution >= 4 is 11.3 Å². The number of halogens is 1. The predicted octanol–water partition coefficient (Wildman–Crippen LogP) is 3.40. The highest BCUT2D eigenvalue weighted by molar-refractivity contribution is 7.11. The van der Waals surface area contributed by atoms with E-state index in [0.717, 1.165) is 22.7 Å². The fourth-order valence-corrected chi connectivity index (χ4v) is 2.89. The Hall–Kier alpha value is -1.26. The molecule has 1 N–H and O–H groups in total. The lowest BCUT2D eigenvalue weighted by Gasteiger charge is -2.15. The van der Waals surface area contributed by atoms with Crippen molar-refractivity contribution in [3.8, 4) is 0 Å². The first-order chi connectivity index (χ1) is 8.60. The standard InChI is InChI=1S/C14H17FN2S/c1-9-10(2)18-14(17-9)8-13(16-3)11-5-4-6-12(15)7-11/h4-7,13,16H,8H2,1-3H3. The lowest BCUT2D eigenvalue weighted by Crippen LogP contribution is -2.18. The zero-order chi connectivity index (χ0) is 13.1. The lowest BCUT2D eigenvalue weighted by atomic mass is 10.0. The molecular weight excluding hydrogens is 247 g/mol. The Bertz CT molecular complexity index is 517. The Balaban J connectivity index is 2.19. The van der Waals surface area contributed by atoms with Crippen LogP contribution in [-0.4, -0.2) is 12.0 Å². The maximum absolute atomic E-state index is 13.2. The quantitative estimate of drug-likeness (QED) is 0.915. The second kappa shape index (κ2) is 5.59. The number of hydrogen-bond acceptors (Lipinski definition) is 3. The number of aryl methyl sites for hydroxylation is 2. The van der Waals surface area contributed by atoms with E-state index in [2.05, 4.69) is 17.2 Å². The van der Waals surface area contributed by atoms with Gasteiger partial charge in [-0.3, -0.25) is 0 Å². The highest BCUT2D eigenvalue weighted by Crippen LogP contribution is 2.23. The molecule has 2 aromatic rings. The van der Waals surface area contributed by atoms with Crippen LogP contribution >= 0.6 is 11.3 Å². The number of nitrogens with one attached hydrogen (secondary N) is 1. The SMILES string of the molecule is CNC(Cc1nc(C)c(C)s1)c1cccc(F)c1. The normalized spacial score (nSPS) is 12.7. The van der Waals surface area contributed by atoms with Crippen LogP contribution < -0.4 is 5.32 Å². The van der Waals surface area contributed by atoms with Gasteiger partial charge in [0.15, 0.2) is 0 Å². The summed E-state index contributed by atoms with van der Waals surface area (Å²) in [4.78, 5) is 5.78. The van der Waals surface area contributed by atoms with Gasteiger partial charge in [-0.05, 0) is 38.6 Å². The number of benzene rings is 1. The van der Waals surface area contributed by atoms with Gasteiger partial charge >= 0.3 is 0 Å². The Labute approximate surface area is 111 Å². The van der Waals surface area contributed by atoms with E-state index in [1.54, 1.807) is 23.5 Å². The molecule has 0 bridgehead atoms. The highest BCUT2D eigenvalue weighted by atomic mass is 32.1. The van der Waals surface area contributed by atoms with Gasteiger partial charge < -0.3 is 5.32 Å². The summed E-state index contributed by atoms with van der Waals surface area (Å²) in [6.45, 7) is 4.10. The molecular formula is C14H17FN2S. The van der Waals surface area contributed by atoms with Crippen molar-refractivity contribution in [1.82, 2.24) is 10.3 Å². The maximum Gasteiger partial charge on any atom is 0.123 e. The lowest BCUT2D eigenvalue weighted by molar-refractivity contribution is 0.576. The van der Waals surface area contributed by atoms with E-state index in [4.69, 9.17) is 0 Å². The van der Waals surface area contributed by atoms with Gasteiger partial charge in [0, 0.05) is 17.3 Å². The van der Waals surface area contributed by atoms with Crippen molar-refractivity contribution in [2.24, 2.45) is 0 Å². The van der Waals surface area contributed by atoms with E-state index in [0.29, 0.717) is 0 Å². The first-order valence-electron chi connectivity index (χ1n) is 5.95. The van der Waals surface area contributed by atoms with Gasteiger partial charge in [-0.2, -0.15) is 0 Å². The fourth-order valence-electron chi connectivity index (χ4n) is 1.91. The summed E-state index contributed by atoms with van der Waals surface area (Å²) in [6, 6.07) is 6.83. The van der Waals surface area contributed by atoms with E-state index in [9.17, 15) is 4.39 Å². The zero-order valence-electron chi connectivity index (χ0n) is 10.8. The van der Waals surface area contributed by atoms with Crippen LogP contribution in [0.25, 0.3) is 0 Å². The molecule has 0 aliphatic rings. The molecule has 0 saturated carbocycles. The topological polar surface area (TPSA) is 24.9 Å². The largest absolute Gasteiger partial charge is 0.313 e. The molecule has 1 aromatic heterocycles. The Morgan fingerprint density at radius 2 is 2.17 bits per heavy atom.